The third-order valence-corrected chi connectivity index (χ3v) is 3.98. The second-order valence-corrected chi connectivity index (χ2v) is 6.41. The molecule has 2 rings (SSSR count). The van der Waals surface area contributed by atoms with Gasteiger partial charge >= 0.3 is 6.18 Å². The van der Waals surface area contributed by atoms with E-state index < -0.39 is 12.8 Å². The largest absolute Gasteiger partial charge is 0.493 e. The van der Waals surface area contributed by atoms with Crippen LogP contribution in [0.25, 0.3) is 0 Å². The maximum absolute atomic E-state index is 12.3. The molecule has 2 aromatic rings. The van der Waals surface area contributed by atoms with Crippen molar-refractivity contribution in [1.29, 1.82) is 0 Å². The number of alkyl halides is 3. The zero-order chi connectivity index (χ0) is 19.3. The van der Waals surface area contributed by atoms with Gasteiger partial charge in [0.1, 0.15) is 0 Å². The highest BCUT2D eigenvalue weighted by atomic mass is 19.4. The first-order chi connectivity index (χ1) is 12.2. The standard InChI is InChI=1S/C20H24F3NO2/c1-13-7-14(2)9-17(8-13)15(3)24-11-16-5-6-18(19(10-16)25-4)26-12-20(21,22)23/h5-10,15,24H,11-12H2,1-4H3. The lowest BCUT2D eigenvalue weighted by atomic mass is 10.0. The number of aryl methyl sites for hydroxylation is 2. The predicted octanol–water partition coefficient (Wildman–Crippen LogP) is 5.10. The molecule has 0 aliphatic rings. The highest BCUT2D eigenvalue weighted by molar-refractivity contribution is 5.43. The van der Waals surface area contributed by atoms with E-state index in [4.69, 9.17) is 9.47 Å². The van der Waals surface area contributed by atoms with Gasteiger partial charge in [-0.2, -0.15) is 13.2 Å². The first-order valence-corrected chi connectivity index (χ1v) is 8.36. The second-order valence-electron chi connectivity index (χ2n) is 6.41. The number of hydrogen-bond donors (Lipinski definition) is 1. The van der Waals surface area contributed by atoms with E-state index in [1.807, 2.05) is 0 Å². The summed E-state index contributed by atoms with van der Waals surface area (Å²) in [6, 6.07) is 11.5. The van der Waals surface area contributed by atoms with Crippen LogP contribution in [0, 0.1) is 13.8 Å². The van der Waals surface area contributed by atoms with Gasteiger partial charge in [-0.1, -0.05) is 35.4 Å². The molecule has 0 saturated heterocycles. The number of methoxy groups -OCH3 is 1. The lowest BCUT2D eigenvalue weighted by molar-refractivity contribution is -0.153. The van der Waals surface area contributed by atoms with Crippen molar-refractivity contribution in [3.8, 4) is 11.5 Å². The SMILES string of the molecule is COc1cc(CNC(C)c2cc(C)cc(C)c2)ccc1OCC(F)(F)F. The van der Waals surface area contributed by atoms with Crippen LogP contribution in [-0.2, 0) is 6.54 Å². The van der Waals surface area contributed by atoms with Crippen LogP contribution in [0.4, 0.5) is 13.2 Å². The Bertz CT molecular complexity index is 724. The van der Waals surface area contributed by atoms with Crippen LogP contribution >= 0.6 is 0 Å². The van der Waals surface area contributed by atoms with Crippen LogP contribution in [0.3, 0.4) is 0 Å². The Morgan fingerprint density at radius 2 is 1.65 bits per heavy atom. The third kappa shape index (κ3) is 5.95. The van der Waals surface area contributed by atoms with Crippen LogP contribution < -0.4 is 14.8 Å². The molecule has 0 radical (unpaired) electrons. The van der Waals surface area contributed by atoms with Crippen LogP contribution in [0.1, 0.15) is 35.2 Å². The number of ether oxygens (including phenoxy) is 2. The quantitative estimate of drug-likeness (QED) is 0.738. The van der Waals surface area contributed by atoms with E-state index >= 15 is 0 Å². The Kier molecular flexibility index (Phi) is 6.53. The van der Waals surface area contributed by atoms with Crippen molar-refractivity contribution in [2.45, 2.75) is 39.5 Å². The first-order valence-electron chi connectivity index (χ1n) is 8.36. The van der Waals surface area contributed by atoms with E-state index in [2.05, 4.69) is 44.3 Å². The van der Waals surface area contributed by atoms with E-state index in [0.29, 0.717) is 6.54 Å². The monoisotopic (exact) mass is 367 g/mol. The molecule has 1 atom stereocenters. The summed E-state index contributed by atoms with van der Waals surface area (Å²) in [5, 5.41) is 3.42. The molecular formula is C20H24F3NO2. The summed E-state index contributed by atoms with van der Waals surface area (Å²) in [7, 11) is 1.41. The fraction of sp³-hybridized carbons (Fsp3) is 0.400. The molecule has 0 fully saturated rings. The fourth-order valence-electron chi connectivity index (χ4n) is 2.75. The summed E-state index contributed by atoms with van der Waals surface area (Å²) >= 11 is 0. The Morgan fingerprint density at radius 1 is 1.00 bits per heavy atom. The van der Waals surface area contributed by atoms with Crippen molar-refractivity contribution in [3.05, 3.63) is 58.7 Å². The van der Waals surface area contributed by atoms with Gasteiger partial charge < -0.3 is 14.8 Å². The van der Waals surface area contributed by atoms with Gasteiger partial charge in [-0.05, 0) is 44.0 Å². The van der Waals surface area contributed by atoms with E-state index in [-0.39, 0.29) is 17.5 Å². The summed E-state index contributed by atoms with van der Waals surface area (Å²) in [4.78, 5) is 0. The van der Waals surface area contributed by atoms with Crippen molar-refractivity contribution in [1.82, 2.24) is 5.32 Å². The average Bonchev–Trinajstić information content (AvgIpc) is 2.56. The number of benzene rings is 2. The van der Waals surface area contributed by atoms with Crippen LogP contribution in [0.5, 0.6) is 11.5 Å². The van der Waals surface area contributed by atoms with Gasteiger partial charge in [-0.25, -0.2) is 0 Å². The molecule has 0 aliphatic heterocycles. The fourth-order valence-corrected chi connectivity index (χ4v) is 2.75. The Hall–Kier alpha value is -2.21. The summed E-state index contributed by atoms with van der Waals surface area (Å²) in [6.07, 6.45) is -4.38. The predicted molar refractivity (Wildman–Crippen MR) is 95.7 cm³/mol. The summed E-state index contributed by atoms with van der Waals surface area (Å²) in [5.41, 5.74) is 4.51. The van der Waals surface area contributed by atoms with Gasteiger partial charge in [0.15, 0.2) is 18.1 Å². The second kappa shape index (κ2) is 8.45. The minimum atomic E-state index is -4.38. The van der Waals surface area contributed by atoms with Crippen LogP contribution in [0.15, 0.2) is 36.4 Å². The maximum atomic E-state index is 12.3. The lowest BCUT2D eigenvalue weighted by Gasteiger charge is -2.17. The molecule has 0 bridgehead atoms. The van der Waals surface area contributed by atoms with E-state index in [1.165, 1.54) is 29.9 Å². The average molecular weight is 367 g/mol. The van der Waals surface area contributed by atoms with Crippen molar-refractivity contribution < 1.29 is 22.6 Å². The molecule has 0 spiro atoms. The first kappa shape index (κ1) is 20.1. The Balaban J connectivity index is 2.03. The number of halogens is 3. The van der Waals surface area contributed by atoms with Gasteiger partial charge in [0.2, 0.25) is 0 Å². The smallest absolute Gasteiger partial charge is 0.422 e. The molecule has 0 aliphatic carbocycles. The van der Waals surface area contributed by atoms with Crippen molar-refractivity contribution >= 4 is 0 Å². The maximum Gasteiger partial charge on any atom is 0.422 e. The minimum Gasteiger partial charge on any atom is -0.493 e. The van der Waals surface area contributed by atoms with Crippen molar-refractivity contribution in [2.24, 2.45) is 0 Å². The van der Waals surface area contributed by atoms with E-state index in [0.717, 1.165) is 5.56 Å². The van der Waals surface area contributed by atoms with Crippen molar-refractivity contribution in [2.75, 3.05) is 13.7 Å². The van der Waals surface area contributed by atoms with Gasteiger partial charge in [0, 0.05) is 12.6 Å². The van der Waals surface area contributed by atoms with Gasteiger partial charge in [0.05, 0.1) is 7.11 Å². The highest BCUT2D eigenvalue weighted by Crippen LogP contribution is 2.30. The number of hydrogen-bond acceptors (Lipinski definition) is 3. The Morgan fingerprint density at radius 3 is 2.23 bits per heavy atom. The van der Waals surface area contributed by atoms with Gasteiger partial charge in [-0.15, -0.1) is 0 Å². The normalized spacial score (nSPS) is 12.7. The molecule has 26 heavy (non-hydrogen) atoms. The molecule has 1 N–H and O–H groups in total. The zero-order valence-corrected chi connectivity index (χ0v) is 15.4. The van der Waals surface area contributed by atoms with Crippen molar-refractivity contribution in [3.63, 3.8) is 0 Å². The lowest BCUT2D eigenvalue weighted by Crippen LogP contribution is -2.20. The Labute approximate surface area is 152 Å². The van der Waals surface area contributed by atoms with E-state index in [1.54, 1.807) is 12.1 Å². The molecule has 0 heterocycles. The third-order valence-electron chi connectivity index (χ3n) is 3.98. The molecule has 0 aromatic heterocycles. The highest BCUT2D eigenvalue weighted by Gasteiger charge is 2.29. The molecule has 6 heteroatoms. The summed E-state index contributed by atoms with van der Waals surface area (Å²) in [5.74, 6) is 0.364. The minimum absolute atomic E-state index is 0.0796. The molecule has 2 aromatic carbocycles. The molecule has 142 valence electrons. The van der Waals surface area contributed by atoms with Crippen LogP contribution in [-0.4, -0.2) is 19.9 Å². The summed E-state index contributed by atoms with van der Waals surface area (Å²) in [6.45, 7) is 5.42. The van der Waals surface area contributed by atoms with Crippen LogP contribution in [0.2, 0.25) is 0 Å². The molecular weight excluding hydrogens is 343 g/mol. The van der Waals surface area contributed by atoms with Gasteiger partial charge in [0.25, 0.3) is 0 Å². The topological polar surface area (TPSA) is 30.5 Å². The molecule has 1 unspecified atom stereocenters. The molecule has 0 amide bonds. The van der Waals surface area contributed by atoms with Gasteiger partial charge in [-0.3, -0.25) is 0 Å². The molecule has 0 saturated carbocycles. The van der Waals surface area contributed by atoms with E-state index in [9.17, 15) is 13.2 Å². The molecule has 3 nitrogen and oxygen atoms in total. The zero-order valence-electron chi connectivity index (χ0n) is 15.4. The number of rotatable bonds is 7. The summed E-state index contributed by atoms with van der Waals surface area (Å²) < 4.78 is 46.9. The number of nitrogens with one attached hydrogen (secondary N) is 1.